The molecule has 2 aliphatic heterocycles. The molecule has 3 rings (SSSR count). The smallest absolute Gasteiger partial charge is 0.303 e. The monoisotopic (exact) mass is 394 g/mol. The van der Waals surface area contributed by atoms with E-state index in [0.717, 1.165) is 24.1 Å². The molecule has 1 unspecified atom stereocenters. The first-order valence-electron chi connectivity index (χ1n) is 9.44. The van der Waals surface area contributed by atoms with Crippen LogP contribution in [0.3, 0.4) is 0 Å². The van der Waals surface area contributed by atoms with Gasteiger partial charge in [0.25, 0.3) is 0 Å². The summed E-state index contributed by atoms with van der Waals surface area (Å²) in [6.45, 7) is 3.68. The van der Waals surface area contributed by atoms with Crippen LogP contribution < -0.4 is 4.90 Å². The van der Waals surface area contributed by atoms with E-state index in [-0.39, 0.29) is 23.6 Å². The second-order valence-corrected chi connectivity index (χ2v) is 9.38. The van der Waals surface area contributed by atoms with Crippen molar-refractivity contribution in [3.05, 3.63) is 23.8 Å². The van der Waals surface area contributed by atoms with Gasteiger partial charge in [-0.3, -0.25) is 9.59 Å². The Balaban J connectivity index is 1.74. The Kier molecular flexibility index (Phi) is 5.86. The highest BCUT2D eigenvalue weighted by atomic mass is 32.2. The number of hydrogen-bond acceptors (Lipinski definition) is 4. The van der Waals surface area contributed by atoms with Crippen LogP contribution in [-0.4, -0.2) is 49.3 Å². The minimum absolute atomic E-state index is 0.0299. The van der Waals surface area contributed by atoms with E-state index >= 15 is 0 Å². The van der Waals surface area contributed by atoms with Gasteiger partial charge in [-0.15, -0.1) is 0 Å². The Hall–Kier alpha value is -1.93. The minimum Gasteiger partial charge on any atom is -0.481 e. The van der Waals surface area contributed by atoms with Crippen molar-refractivity contribution in [1.29, 1.82) is 0 Å². The lowest BCUT2D eigenvalue weighted by Crippen LogP contribution is -2.39. The summed E-state index contributed by atoms with van der Waals surface area (Å²) < 4.78 is 27.4. The van der Waals surface area contributed by atoms with E-state index in [1.807, 2.05) is 0 Å². The van der Waals surface area contributed by atoms with E-state index in [9.17, 15) is 18.0 Å². The first kappa shape index (κ1) is 19.8. The Morgan fingerprint density at radius 3 is 2.70 bits per heavy atom. The molecule has 2 aliphatic rings. The first-order valence-corrected chi connectivity index (χ1v) is 10.9. The third kappa shape index (κ3) is 4.32. The zero-order valence-corrected chi connectivity index (χ0v) is 16.4. The van der Waals surface area contributed by atoms with Crippen LogP contribution in [0.5, 0.6) is 0 Å². The van der Waals surface area contributed by atoms with Gasteiger partial charge in [-0.1, -0.05) is 6.92 Å². The normalized spacial score (nSPS) is 20.5. The van der Waals surface area contributed by atoms with Gasteiger partial charge in [0, 0.05) is 38.2 Å². The van der Waals surface area contributed by atoms with Gasteiger partial charge in [-0.2, -0.15) is 4.31 Å². The Labute approximate surface area is 160 Å². The predicted octanol–water partition coefficient (Wildman–Crippen LogP) is 2.25. The van der Waals surface area contributed by atoms with Crippen LogP contribution in [0.1, 0.15) is 44.6 Å². The van der Waals surface area contributed by atoms with Gasteiger partial charge in [0.1, 0.15) is 0 Å². The van der Waals surface area contributed by atoms with E-state index in [1.54, 1.807) is 27.4 Å². The number of anilines is 1. The number of fused-ring (bicyclic) bond motifs is 1. The molecule has 0 radical (unpaired) electrons. The molecule has 1 aromatic carbocycles. The number of aliphatic carboxylic acids is 1. The molecule has 1 amide bonds. The van der Waals surface area contributed by atoms with E-state index < -0.39 is 16.0 Å². The molecule has 1 aromatic rings. The molecule has 1 saturated heterocycles. The van der Waals surface area contributed by atoms with Crippen LogP contribution in [0.4, 0.5) is 5.69 Å². The molecular formula is C19H26N2O5S. The number of nitrogens with zero attached hydrogens (tertiary/aromatic N) is 2. The van der Waals surface area contributed by atoms with Crippen LogP contribution in [-0.2, 0) is 26.0 Å². The number of carbonyl (C=O) groups is 2. The lowest BCUT2D eigenvalue weighted by Gasteiger charge is -2.30. The fourth-order valence-corrected chi connectivity index (χ4v) is 5.49. The number of piperidine rings is 1. The summed E-state index contributed by atoms with van der Waals surface area (Å²) in [5, 5.41) is 8.69. The molecule has 1 atom stereocenters. The van der Waals surface area contributed by atoms with Gasteiger partial charge in [0.15, 0.2) is 0 Å². The van der Waals surface area contributed by atoms with Crippen molar-refractivity contribution >= 4 is 27.6 Å². The fraction of sp³-hybridized carbons (Fsp3) is 0.579. The maximum absolute atomic E-state index is 12.9. The van der Waals surface area contributed by atoms with E-state index in [4.69, 9.17) is 5.11 Å². The van der Waals surface area contributed by atoms with Gasteiger partial charge < -0.3 is 10.0 Å². The van der Waals surface area contributed by atoms with Crippen LogP contribution in [0.25, 0.3) is 0 Å². The quantitative estimate of drug-likeness (QED) is 0.798. The molecule has 0 aromatic heterocycles. The zero-order chi connectivity index (χ0) is 19.6. The number of carboxylic acid groups (broad SMARTS) is 1. The third-order valence-corrected chi connectivity index (χ3v) is 7.15. The lowest BCUT2D eigenvalue weighted by molar-refractivity contribution is -0.137. The number of benzene rings is 1. The van der Waals surface area contributed by atoms with E-state index in [0.29, 0.717) is 38.4 Å². The van der Waals surface area contributed by atoms with E-state index in [2.05, 4.69) is 6.92 Å². The van der Waals surface area contributed by atoms with Crippen LogP contribution in [0, 0.1) is 5.92 Å². The minimum atomic E-state index is -3.51. The van der Waals surface area contributed by atoms with Crippen LogP contribution in [0.15, 0.2) is 23.1 Å². The maximum Gasteiger partial charge on any atom is 0.303 e. The van der Waals surface area contributed by atoms with Gasteiger partial charge in [-0.05, 0) is 55.4 Å². The zero-order valence-electron chi connectivity index (χ0n) is 15.6. The maximum atomic E-state index is 12.9. The first-order chi connectivity index (χ1) is 12.8. The van der Waals surface area contributed by atoms with Crippen molar-refractivity contribution in [2.45, 2.75) is 50.3 Å². The summed E-state index contributed by atoms with van der Waals surface area (Å²) in [7, 11) is -3.51. The SMILES string of the molecule is CC1CCCN(S(=O)(=O)c2ccc3c(c2)CCN3C(=O)CCCC(=O)O)C1. The van der Waals surface area contributed by atoms with Crippen molar-refractivity contribution < 1.29 is 23.1 Å². The standard InChI is InChI=1S/C19H26N2O5S/c1-14-4-3-10-20(13-14)27(25,26)16-7-8-17-15(12-16)9-11-21(17)18(22)5-2-6-19(23)24/h7-8,12,14H,2-6,9-11,13H2,1H3,(H,23,24). The molecule has 0 bridgehead atoms. The number of amides is 1. The van der Waals surface area contributed by atoms with Crippen molar-refractivity contribution in [2.24, 2.45) is 5.92 Å². The van der Waals surface area contributed by atoms with Gasteiger partial charge in [0.05, 0.1) is 4.90 Å². The largest absolute Gasteiger partial charge is 0.481 e. The summed E-state index contributed by atoms with van der Waals surface area (Å²) in [6, 6.07) is 4.97. The summed E-state index contributed by atoms with van der Waals surface area (Å²) >= 11 is 0. The van der Waals surface area contributed by atoms with Crippen LogP contribution in [0.2, 0.25) is 0 Å². The number of carboxylic acids is 1. The molecule has 7 nitrogen and oxygen atoms in total. The average Bonchev–Trinajstić information content (AvgIpc) is 3.04. The molecule has 8 heteroatoms. The van der Waals surface area contributed by atoms with E-state index in [1.165, 1.54) is 0 Å². The number of rotatable bonds is 6. The summed E-state index contributed by atoms with van der Waals surface area (Å²) in [4.78, 5) is 24.9. The second-order valence-electron chi connectivity index (χ2n) is 7.44. The Morgan fingerprint density at radius 2 is 2.00 bits per heavy atom. The summed E-state index contributed by atoms with van der Waals surface area (Å²) in [5.41, 5.74) is 1.59. The van der Waals surface area contributed by atoms with Crippen molar-refractivity contribution in [1.82, 2.24) is 4.31 Å². The number of carbonyl (C=O) groups excluding carboxylic acids is 1. The second kappa shape index (κ2) is 7.98. The van der Waals surface area contributed by atoms with Crippen molar-refractivity contribution in [3.8, 4) is 0 Å². The predicted molar refractivity (Wildman–Crippen MR) is 101 cm³/mol. The Morgan fingerprint density at radius 1 is 1.22 bits per heavy atom. The van der Waals surface area contributed by atoms with Crippen molar-refractivity contribution in [2.75, 3.05) is 24.5 Å². The molecule has 1 fully saturated rings. The summed E-state index contributed by atoms with van der Waals surface area (Å²) in [6.07, 6.45) is 2.99. The Bertz CT molecular complexity index is 837. The van der Waals surface area contributed by atoms with Crippen LogP contribution >= 0.6 is 0 Å². The third-order valence-electron chi connectivity index (χ3n) is 5.29. The molecule has 0 saturated carbocycles. The van der Waals surface area contributed by atoms with Gasteiger partial charge in [-0.25, -0.2) is 8.42 Å². The lowest BCUT2D eigenvalue weighted by atomic mass is 10.0. The molecule has 148 valence electrons. The topological polar surface area (TPSA) is 95.0 Å². The van der Waals surface area contributed by atoms with Gasteiger partial charge in [0.2, 0.25) is 15.9 Å². The molecule has 0 aliphatic carbocycles. The highest BCUT2D eigenvalue weighted by Gasteiger charge is 2.31. The fourth-order valence-electron chi connectivity index (χ4n) is 3.84. The number of hydrogen-bond donors (Lipinski definition) is 1. The number of sulfonamides is 1. The average molecular weight is 394 g/mol. The highest BCUT2D eigenvalue weighted by Crippen LogP contribution is 2.32. The molecule has 2 heterocycles. The molecular weight excluding hydrogens is 368 g/mol. The molecule has 0 spiro atoms. The van der Waals surface area contributed by atoms with Gasteiger partial charge >= 0.3 is 5.97 Å². The highest BCUT2D eigenvalue weighted by molar-refractivity contribution is 7.89. The molecule has 1 N–H and O–H groups in total. The molecule has 27 heavy (non-hydrogen) atoms. The van der Waals surface area contributed by atoms with Crippen molar-refractivity contribution in [3.63, 3.8) is 0 Å². The summed E-state index contributed by atoms with van der Waals surface area (Å²) in [5.74, 6) is -0.663.